The van der Waals surface area contributed by atoms with Gasteiger partial charge in [0.25, 0.3) is 0 Å². The summed E-state index contributed by atoms with van der Waals surface area (Å²) < 4.78 is 33.6. The third-order valence-corrected chi connectivity index (χ3v) is 5.44. The van der Waals surface area contributed by atoms with Crippen molar-refractivity contribution < 1.29 is 18.3 Å². The number of nitrogens with one attached hydrogen (secondary N) is 3. The van der Waals surface area contributed by atoms with Gasteiger partial charge in [0, 0.05) is 49.7 Å². The van der Waals surface area contributed by atoms with Crippen molar-refractivity contribution in [2.24, 2.45) is 0 Å². The fourth-order valence-electron chi connectivity index (χ4n) is 3.74. The first-order valence-corrected chi connectivity index (χ1v) is 11.1. The van der Waals surface area contributed by atoms with Gasteiger partial charge in [-0.15, -0.1) is 0 Å². The molecule has 3 aromatic carbocycles. The third kappa shape index (κ3) is 5.44. The van der Waals surface area contributed by atoms with E-state index in [0.717, 1.165) is 32.0 Å². The molecule has 178 valence electrons. The largest absolute Gasteiger partial charge is 0.454 e. The average molecular weight is 476 g/mol. The molecule has 0 radical (unpaired) electrons. The van der Waals surface area contributed by atoms with Crippen LogP contribution in [0, 0.1) is 11.6 Å². The van der Waals surface area contributed by atoms with Gasteiger partial charge in [0.1, 0.15) is 17.4 Å². The Labute approximate surface area is 200 Å². The van der Waals surface area contributed by atoms with Gasteiger partial charge in [-0.1, -0.05) is 6.07 Å². The highest BCUT2D eigenvalue weighted by Crippen LogP contribution is 2.29. The van der Waals surface area contributed by atoms with Crippen LogP contribution in [-0.4, -0.2) is 42.2 Å². The first kappa shape index (κ1) is 22.5. The number of carbonyl (C=O) groups is 1. The summed E-state index contributed by atoms with van der Waals surface area (Å²) in [6.45, 7) is 3.45. The summed E-state index contributed by atoms with van der Waals surface area (Å²) in [7, 11) is 0. The van der Waals surface area contributed by atoms with Crippen molar-refractivity contribution in [2.45, 2.75) is 0 Å². The summed E-state index contributed by atoms with van der Waals surface area (Å²) in [5.41, 5.74) is 1.92. The Bertz CT molecular complexity index is 1380. The van der Waals surface area contributed by atoms with E-state index >= 15 is 0 Å². The summed E-state index contributed by atoms with van der Waals surface area (Å²) in [5, 5.41) is 8.41. The highest BCUT2D eigenvalue weighted by molar-refractivity contribution is 5.99. The molecule has 0 spiro atoms. The van der Waals surface area contributed by atoms with Crippen LogP contribution in [0.1, 0.15) is 0 Å². The second-order valence-corrected chi connectivity index (χ2v) is 7.95. The third-order valence-electron chi connectivity index (χ3n) is 5.44. The maximum atomic E-state index is 14.5. The normalized spacial score (nSPS) is 13.5. The molecule has 0 aliphatic carbocycles. The molecule has 2 heterocycles. The van der Waals surface area contributed by atoms with E-state index < -0.39 is 17.7 Å². The first-order chi connectivity index (χ1) is 17.0. The molecule has 3 N–H and O–H groups in total. The molecule has 2 amide bonds. The molecule has 8 nitrogen and oxygen atoms in total. The molecule has 35 heavy (non-hydrogen) atoms. The average Bonchev–Trinajstić information content (AvgIpc) is 2.86. The summed E-state index contributed by atoms with van der Waals surface area (Å²) in [4.78, 5) is 23.6. The van der Waals surface area contributed by atoms with Crippen molar-refractivity contribution in [1.29, 1.82) is 0 Å². The van der Waals surface area contributed by atoms with Gasteiger partial charge in [0.2, 0.25) is 0 Å². The smallest absolute Gasteiger partial charge is 0.323 e. The number of benzene rings is 3. The number of halogens is 2. The lowest BCUT2D eigenvalue weighted by molar-refractivity contribution is 0.262. The molecular formula is C25H22F2N6O2. The van der Waals surface area contributed by atoms with Crippen LogP contribution in [0.15, 0.2) is 66.9 Å². The van der Waals surface area contributed by atoms with Gasteiger partial charge in [-0.05, 0) is 42.5 Å². The second kappa shape index (κ2) is 9.90. The minimum absolute atomic E-state index is 0.0703. The predicted molar refractivity (Wildman–Crippen MR) is 130 cm³/mol. The number of rotatable bonds is 5. The maximum absolute atomic E-state index is 14.5. The van der Waals surface area contributed by atoms with E-state index in [1.165, 1.54) is 36.4 Å². The van der Waals surface area contributed by atoms with Gasteiger partial charge < -0.3 is 25.6 Å². The molecule has 4 aromatic rings. The molecule has 0 bridgehead atoms. The zero-order chi connectivity index (χ0) is 24.2. The standard InChI is InChI=1S/C25H22F2N6O2/c26-16-2-1-3-17(12-16)30-25(34)31-18-4-6-20(27)23(13-18)35-19-5-7-21-22(14-19)32-24(15-29-21)33-10-8-28-9-11-33/h1-7,12-15,28H,8-11H2,(H2,30,31,34). The molecule has 1 saturated heterocycles. The monoisotopic (exact) mass is 476 g/mol. The lowest BCUT2D eigenvalue weighted by atomic mass is 10.2. The van der Waals surface area contributed by atoms with Gasteiger partial charge in [-0.3, -0.25) is 4.98 Å². The summed E-state index contributed by atoms with van der Waals surface area (Å²) in [5.74, 6) is 0.0173. The van der Waals surface area contributed by atoms with Crippen LogP contribution in [0.2, 0.25) is 0 Å². The van der Waals surface area contributed by atoms with Crippen molar-refractivity contribution in [3.63, 3.8) is 0 Å². The molecular weight excluding hydrogens is 454 g/mol. The number of nitrogens with zero attached hydrogens (tertiary/aromatic N) is 3. The van der Waals surface area contributed by atoms with Crippen LogP contribution in [0.25, 0.3) is 11.0 Å². The maximum Gasteiger partial charge on any atom is 0.323 e. The van der Waals surface area contributed by atoms with E-state index in [-0.39, 0.29) is 5.75 Å². The molecule has 1 fully saturated rings. The Morgan fingerprint density at radius 1 is 0.943 bits per heavy atom. The summed E-state index contributed by atoms with van der Waals surface area (Å²) >= 11 is 0. The second-order valence-electron chi connectivity index (χ2n) is 7.95. The SMILES string of the molecule is O=C(Nc1cccc(F)c1)Nc1ccc(F)c(Oc2ccc3ncc(N4CCNCC4)nc3c2)c1. The quantitative estimate of drug-likeness (QED) is 0.385. The summed E-state index contributed by atoms with van der Waals surface area (Å²) in [6, 6.07) is 14.0. The fourth-order valence-corrected chi connectivity index (χ4v) is 3.74. The molecule has 0 unspecified atom stereocenters. The van der Waals surface area contributed by atoms with Crippen molar-refractivity contribution in [1.82, 2.24) is 15.3 Å². The fraction of sp³-hybridized carbons (Fsp3) is 0.160. The lowest BCUT2D eigenvalue weighted by Crippen LogP contribution is -2.43. The number of ether oxygens (including phenoxy) is 1. The Morgan fingerprint density at radius 2 is 1.74 bits per heavy atom. The Balaban J connectivity index is 1.32. The number of fused-ring (bicyclic) bond motifs is 1. The number of amides is 2. The van der Waals surface area contributed by atoms with E-state index in [0.29, 0.717) is 28.2 Å². The molecule has 1 aromatic heterocycles. The van der Waals surface area contributed by atoms with E-state index in [1.807, 2.05) is 0 Å². The van der Waals surface area contributed by atoms with Crippen LogP contribution in [-0.2, 0) is 0 Å². The molecule has 0 atom stereocenters. The molecule has 10 heteroatoms. The van der Waals surface area contributed by atoms with Gasteiger partial charge in [-0.2, -0.15) is 0 Å². The molecule has 5 rings (SSSR count). The number of urea groups is 1. The van der Waals surface area contributed by atoms with Crippen LogP contribution in [0.4, 0.5) is 30.8 Å². The van der Waals surface area contributed by atoms with Crippen molar-refractivity contribution in [3.05, 3.63) is 78.5 Å². The van der Waals surface area contributed by atoms with E-state index in [4.69, 9.17) is 9.72 Å². The Kier molecular flexibility index (Phi) is 6.36. The number of aromatic nitrogens is 2. The number of piperazine rings is 1. The lowest BCUT2D eigenvalue weighted by Gasteiger charge is -2.28. The Morgan fingerprint density at radius 3 is 2.54 bits per heavy atom. The minimum atomic E-state index is -0.602. The van der Waals surface area contributed by atoms with Gasteiger partial charge in [0.05, 0.1) is 17.2 Å². The topological polar surface area (TPSA) is 91.4 Å². The Hall–Kier alpha value is -4.31. The highest BCUT2D eigenvalue weighted by Gasteiger charge is 2.14. The van der Waals surface area contributed by atoms with Crippen LogP contribution in [0.3, 0.4) is 0 Å². The van der Waals surface area contributed by atoms with E-state index in [2.05, 4.69) is 25.8 Å². The van der Waals surface area contributed by atoms with Crippen LogP contribution < -0.4 is 25.6 Å². The van der Waals surface area contributed by atoms with E-state index in [1.54, 1.807) is 30.5 Å². The van der Waals surface area contributed by atoms with Crippen molar-refractivity contribution in [2.75, 3.05) is 41.7 Å². The van der Waals surface area contributed by atoms with Gasteiger partial charge in [0.15, 0.2) is 11.6 Å². The number of hydrogen-bond donors (Lipinski definition) is 3. The van der Waals surface area contributed by atoms with Gasteiger partial charge >= 0.3 is 6.03 Å². The number of carbonyl (C=O) groups excluding carboxylic acids is 1. The number of anilines is 3. The zero-order valence-corrected chi connectivity index (χ0v) is 18.6. The van der Waals surface area contributed by atoms with Crippen molar-refractivity contribution in [3.8, 4) is 11.5 Å². The number of hydrogen-bond acceptors (Lipinski definition) is 6. The molecule has 1 aliphatic heterocycles. The van der Waals surface area contributed by atoms with Crippen LogP contribution in [0.5, 0.6) is 11.5 Å². The minimum Gasteiger partial charge on any atom is -0.454 e. The predicted octanol–water partition coefficient (Wildman–Crippen LogP) is 4.75. The molecule has 1 aliphatic rings. The zero-order valence-electron chi connectivity index (χ0n) is 18.6. The van der Waals surface area contributed by atoms with Gasteiger partial charge in [-0.25, -0.2) is 18.6 Å². The van der Waals surface area contributed by atoms with E-state index in [9.17, 15) is 13.6 Å². The highest BCUT2D eigenvalue weighted by atomic mass is 19.1. The van der Waals surface area contributed by atoms with Crippen molar-refractivity contribution >= 4 is 34.3 Å². The first-order valence-electron chi connectivity index (χ1n) is 11.1. The summed E-state index contributed by atoms with van der Waals surface area (Å²) in [6.07, 6.45) is 1.75. The molecule has 0 saturated carbocycles. The van der Waals surface area contributed by atoms with Crippen LogP contribution >= 0.6 is 0 Å².